The molecule has 0 aromatic carbocycles. The second kappa shape index (κ2) is 5.27. The van der Waals surface area contributed by atoms with E-state index in [-0.39, 0.29) is 11.0 Å². The highest BCUT2D eigenvalue weighted by Gasteiger charge is 2.36. The fourth-order valence-corrected chi connectivity index (χ4v) is 2.64. The molecule has 1 aliphatic rings. The Labute approximate surface area is 108 Å². The first-order valence-electron chi connectivity index (χ1n) is 7.12. The van der Waals surface area contributed by atoms with Crippen LogP contribution in [-0.4, -0.2) is 30.1 Å². The molecule has 1 aliphatic carbocycles. The molecule has 2 N–H and O–H groups in total. The lowest BCUT2D eigenvalue weighted by Gasteiger charge is -2.44. The average Bonchev–Trinajstić information content (AvgIpc) is 2.16. The van der Waals surface area contributed by atoms with Gasteiger partial charge in [-0.3, -0.25) is 0 Å². The van der Waals surface area contributed by atoms with Crippen molar-refractivity contribution in [3.8, 4) is 0 Å². The summed E-state index contributed by atoms with van der Waals surface area (Å²) in [6.07, 6.45) is 5.50. The van der Waals surface area contributed by atoms with Gasteiger partial charge in [0.25, 0.3) is 0 Å². The standard InChI is InChI=1S/C15H32N2/c1-12-7-9-13(10-8-12)17(6)11-14(2,3)15(4,5)16/h12-13H,7-11,16H2,1-6H3. The van der Waals surface area contributed by atoms with Crippen molar-refractivity contribution in [1.29, 1.82) is 0 Å². The average molecular weight is 240 g/mol. The van der Waals surface area contributed by atoms with Crippen molar-refractivity contribution in [2.24, 2.45) is 17.1 Å². The molecule has 0 radical (unpaired) electrons. The van der Waals surface area contributed by atoms with Gasteiger partial charge in [-0.05, 0) is 57.9 Å². The molecule has 0 unspecified atom stereocenters. The summed E-state index contributed by atoms with van der Waals surface area (Å²) in [6.45, 7) is 12.3. The van der Waals surface area contributed by atoms with E-state index < -0.39 is 0 Å². The van der Waals surface area contributed by atoms with Crippen molar-refractivity contribution in [3.63, 3.8) is 0 Å². The van der Waals surface area contributed by atoms with Gasteiger partial charge in [0.1, 0.15) is 0 Å². The van der Waals surface area contributed by atoms with Gasteiger partial charge < -0.3 is 10.6 Å². The van der Waals surface area contributed by atoms with Gasteiger partial charge in [0.15, 0.2) is 0 Å². The van der Waals surface area contributed by atoms with Crippen molar-refractivity contribution in [1.82, 2.24) is 4.90 Å². The summed E-state index contributed by atoms with van der Waals surface area (Å²) in [5.74, 6) is 0.929. The molecule has 2 heteroatoms. The molecule has 17 heavy (non-hydrogen) atoms. The minimum absolute atomic E-state index is 0.122. The highest BCUT2D eigenvalue weighted by molar-refractivity contribution is 4.93. The lowest BCUT2D eigenvalue weighted by atomic mass is 9.74. The van der Waals surface area contributed by atoms with Crippen LogP contribution in [0.25, 0.3) is 0 Å². The molecule has 0 spiro atoms. The van der Waals surface area contributed by atoms with Gasteiger partial charge >= 0.3 is 0 Å². The fourth-order valence-electron chi connectivity index (χ4n) is 2.64. The zero-order valence-corrected chi connectivity index (χ0v) is 12.7. The Bertz CT molecular complexity index is 232. The number of nitrogens with zero attached hydrogens (tertiary/aromatic N) is 1. The zero-order valence-electron chi connectivity index (χ0n) is 12.7. The number of hydrogen-bond acceptors (Lipinski definition) is 2. The molecule has 2 nitrogen and oxygen atoms in total. The van der Waals surface area contributed by atoms with Crippen molar-refractivity contribution in [2.75, 3.05) is 13.6 Å². The Balaban J connectivity index is 2.51. The normalized spacial score (nSPS) is 27.5. The number of hydrogen-bond donors (Lipinski definition) is 1. The van der Waals surface area contributed by atoms with Gasteiger partial charge in [-0.25, -0.2) is 0 Å². The summed E-state index contributed by atoms with van der Waals surface area (Å²) in [7, 11) is 2.27. The van der Waals surface area contributed by atoms with E-state index in [0.717, 1.165) is 18.5 Å². The second-order valence-corrected chi connectivity index (χ2v) is 7.43. The predicted octanol–water partition coefficient (Wildman–Crippen LogP) is 3.26. The quantitative estimate of drug-likeness (QED) is 0.817. The predicted molar refractivity (Wildman–Crippen MR) is 76.1 cm³/mol. The van der Waals surface area contributed by atoms with Gasteiger partial charge in [0.05, 0.1) is 0 Å². The largest absolute Gasteiger partial charge is 0.325 e. The maximum Gasteiger partial charge on any atom is 0.0161 e. The smallest absolute Gasteiger partial charge is 0.0161 e. The van der Waals surface area contributed by atoms with Gasteiger partial charge in [-0.15, -0.1) is 0 Å². The van der Waals surface area contributed by atoms with Crippen LogP contribution in [0, 0.1) is 11.3 Å². The highest BCUT2D eigenvalue weighted by atomic mass is 15.1. The van der Waals surface area contributed by atoms with Crippen molar-refractivity contribution in [2.45, 2.75) is 71.9 Å². The highest BCUT2D eigenvalue weighted by Crippen LogP contribution is 2.32. The summed E-state index contributed by atoms with van der Waals surface area (Å²) in [6, 6.07) is 0.771. The molecule has 0 saturated heterocycles. The summed E-state index contributed by atoms with van der Waals surface area (Å²) in [5.41, 5.74) is 6.32. The second-order valence-electron chi connectivity index (χ2n) is 7.43. The first-order valence-corrected chi connectivity index (χ1v) is 7.12. The van der Waals surface area contributed by atoms with Crippen molar-refractivity contribution >= 4 is 0 Å². The SMILES string of the molecule is CC1CCC(N(C)CC(C)(C)C(C)(C)N)CC1. The van der Waals surface area contributed by atoms with Gasteiger partial charge in [0, 0.05) is 18.1 Å². The molecule has 0 atom stereocenters. The Kier molecular flexibility index (Phi) is 4.65. The first-order chi connectivity index (χ1) is 7.63. The Morgan fingerprint density at radius 2 is 1.53 bits per heavy atom. The van der Waals surface area contributed by atoms with E-state index in [1.54, 1.807) is 0 Å². The molecule has 0 bridgehead atoms. The van der Waals surface area contributed by atoms with Crippen LogP contribution >= 0.6 is 0 Å². The van der Waals surface area contributed by atoms with Gasteiger partial charge in [-0.2, -0.15) is 0 Å². The van der Waals surface area contributed by atoms with E-state index in [1.807, 2.05) is 0 Å². The molecule has 0 heterocycles. The van der Waals surface area contributed by atoms with Crippen LogP contribution in [0.3, 0.4) is 0 Å². The van der Waals surface area contributed by atoms with E-state index in [0.29, 0.717) is 0 Å². The van der Waals surface area contributed by atoms with Gasteiger partial charge in [0.2, 0.25) is 0 Å². The molecule has 0 aromatic heterocycles. The molecule has 1 rings (SSSR count). The molecule has 102 valence electrons. The molecule has 0 amide bonds. The lowest BCUT2D eigenvalue weighted by molar-refractivity contribution is 0.0819. The van der Waals surface area contributed by atoms with Crippen LogP contribution in [0.15, 0.2) is 0 Å². The Morgan fingerprint density at radius 1 is 1.06 bits per heavy atom. The molecule has 1 fully saturated rings. The van der Waals surface area contributed by atoms with Crippen LogP contribution in [0.1, 0.15) is 60.3 Å². The monoisotopic (exact) mass is 240 g/mol. The minimum Gasteiger partial charge on any atom is -0.325 e. The lowest BCUT2D eigenvalue weighted by Crippen LogP contribution is -2.54. The van der Waals surface area contributed by atoms with Crippen molar-refractivity contribution in [3.05, 3.63) is 0 Å². The molecule has 0 aliphatic heterocycles. The summed E-state index contributed by atoms with van der Waals surface area (Å²) >= 11 is 0. The number of rotatable bonds is 4. The van der Waals surface area contributed by atoms with Crippen LogP contribution < -0.4 is 5.73 Å². The van der Waals surface area contributed by atoms with E-state index in [1.165, 1.54) is 25.7 Å². The van der Waals surface area contributed by atoms with Crippen LogP contribution in [0.5, 0.6) is 0 Å². The third kappa shape index (κ3) is 3.96. The number of nitrogens with two attached hydrogens (primary N) is 1. The minimum atomic E-state index is -0.122. The Hall–Kier alpha value is -0.0800. The maximum atomic E-state index is 6.29. The zero-order chi connectivity index (χ0) is 13.3. The third-order valence-corrected chi connectivity index (χ3v) is 5.00. The Morgan fingerprint density at radius 3 is 1.94 bits per heavy atom. The third-order valence-electron chi connectivity index (χ3n) is 5.00. The van der Waals surface area contributed by atoms with Crippen LogP contribution in [-0.2, 0) is 0 Å². The fraction of sp³-hybridized carbons (Fsp3) is 1.00. The first kappa shape index (κ1) is 15.0. The maximum absolute atomic E-state index is 6.29. The molecule has 1 saturated carbocycles. The summed E-state index contributed by atoms with van der Waals surface area (Å²) in [4.78, 5) is 2.54. The van der Waals surface area contributed by atoms with Gasteiger partial charge in [-0.1, -0.05) is 20.8 Å². The van der Waals surface area contributed by atoms with E-state index >= 15 is 0 Å². The van der Waals surface area contributed by atoms with E-state index in [2.05, 4.69) is 46.6 Å². The van der Waals surface area contributed by atoms with Crippen molar-refractivity contribution < 1.29 is 0 Å². The molecular formula is C15H32N2. The van der Waals surface area contributed by atoms with Crippen LogP contribution in [0.2, 0.25) is 0 Å². The molecular weight excluding hydrogens is 208 g/mol. The van der Waals surface area contributed by atoms with E-state index in [9.17, 15) is 0 Å². The van der Waals surface area contributed by atoms with E-state index in [4.69, 9.17) is 5.73 Å². The molecule has 0 aromatic rings. The summed E-state index contributed by atoms with van der Waals surface area (Å²) in [5, 5.41) is 0. The topological polar surface area (TPSA) is 29.3 Å². The van der Waals surface area contributed by atoms with Crippen LogP contribution in [0.4, 0.5) is 0 Å². The summed E-state index contributed by atoms with van der Waals surface area (Å²) < 4.78 is 0.